The maximum atomic E-state index is 12.9. The summed E-state index contributed by atoms with van der Waals surface area (Å²) in [6.07, 6.45) is 0.859. The van der Waals surface area contributed by atoms with Crippen molar-refractivity contribution in [2.45, 2.75) is 39.8 Å². The Bertz CT molecular complexity index is 674. The lowest BCUT2D eigenvalue weighted by molar-refractivity contribution is 0.224. The van der Waals surface area contributed by atoms with Crippen LogP contribution < -0.4 is 14.8 Å². The van der Waals surface area contributed by atoms with Gasteiger partial charge in [0.2, 0.25) is 0 Å². The fraction of sp³-hybridized carbons (Fsp3) is 0.400. The van der Waals surface area contributed by atoms with Crippen molar-refractivity contribution in [1.29, 1.82) is 0 Å². The molecule has 0 saturated carbocycles. The first-order valence-electron chi connectivity index (χ1n) is 8.56. The van der Waals surface area contributed by atoms with Gasteiger partial charge in [-0.3, -0.25) is 0 Å². The molecule has 0 saturated heterocycles. The van der Waals surface area contributed by atoms with Crippen LogP contribution in [-0.4, -0.2) is 19.3 Å². The van der Waals surface area contributed by atoms with Crippen LogP contribution in [0.15, 0.2) is 36.4 Å². The Morgan fingerprint density at radius 2 is 1.84 bits per heavy atom. The van der Waals surface area contributed by atoms with Gasteiger partial charge in [-0.05, 0) is 69.1 Å². The maximum Gasteiger partial charge on any atom is 0.180 e. The molecular formula is C20H25ClFNO2. The van der Waals surface area contributed by atoms with Gasteiger partial charge in [-0.25, -0.2) is 4.39 Å². The highest BCUT2D eigenvalue weighted by atomic mass is 35.5. The lowest BCUT2D eigenvalue weighted by Crippen LogP contribution is -2.17. The van der Waals surface area contributed by atoms with Crippen molar-refractivity contribution in [1.82, 2.24) is 5.32 Å². The minimum Gasteiger partial charge on any atom is -0.490 e. The number of ether oxygens (including phenoxy) is 2. The highest BCUT2D eigenvalue weighted by Crippen LogP contribution is 2.37. The van der Waals surface area contributed by atoms with Crippen molar-refractivity contribution >= 4 is 11.6 Å². The molecule has 0 unspecified atom stereocenters. The first-order valence-corrected chi connectivity index (χ1v) is 8.94. The van der Waals surface area contributed by atoms with Gasteiger partial charge in [-0.1, -0.05) is 23.7 Å². The molecule has 0 aromatic heterocycles. The van der Waals surface area contributed by atoms with Crippen molar-refractivity contribution in [3.05, 3.63) is 58.4 Å². The summed E-state index contributed by atoms with van der Waals surface area (Å²) in [5.41, 5.74) is 2.13. The molecule has 2 aromatic rings. The third kappa shape index (κ3) is 6.22. The minimum absolute atomic E-state index is 0.0244. The van der Waals surface area contributed by atoms with E-state index < -0.39 is 0 Å². The molecule has 0 aliphatic carbocycles. The van der Waals surface area contributed by atoms with E-state index in [0.29, 0.717) is 29.7 Å². The van der Waals surface area contributed by atoms with Crippen LogP contribution in [0.4, 0.5) is 4.39 Å². The Morgan fingerprint density at radius 1 is 1.12 bits per heavy atom. The molecule has 0 bridgehead atoms. The number of halogens is 2. The second-order valence-corrected chi connectivity index (χ2v) is 6.46. The molecule has 0 fully saturated rings. The average molecular weight is 366 g/mol. The molecule has 0 atom stereocenters. The smallest absolute Gasteiger partial charge is 0.180 e. The topological polar surface area (TPSA) is 30.5 Å². The van der Waals surface area contributed by atoms with Gasteiger partial charge in [0, 0.05) is 6.54 Å². The zero-order valence-electron chi connectivity index (χ0n) is 14.9. The van der Waals surface area contributed by atoms with Gasteiger partial charge < -0.3 is 14.8 Å². The third-order valence-electron chi connectivity index (χ3n) is 3.56. The summed E-state index contributed by atoms with van der Waals surface area (Å²) in [4.78, 5) is 0. The van der Waals surface area contributed by atoms with Gasteiger partial charge in [-0.2, -0.15) is 0 Å². The minimum atomic E-state index is -0.210. The van der Waals surface area contributed by atoms with E-state index in [1.807, 2.05) is 32.9 Å². The molecular weight excluding hydrogens is 341 g/mol. The quantitative estimate of drug-likeness (QED) is 0.634. The van der Waals surface area contributed by atoms with Gasteiger partial charge >= 0.3 is 0 Å². The third-order valence-corrected chi connectivity index (χ3v) is 3.84. The van der Waals surface area contributed by atoms with E-state index in [0.717, 1.165) is 24.1 Å². The monoisotopic (exact) mass is 365 g/mol. The molecule has 2 rings (SSSR count). The van der Waals surface area contributed by atoms with E-state index >= 15 is 0 Å². The number of hydrogen-bond donors (Lipinski definition) is 1. The highest BCUT2D eigenvalue weighted by molar-refractivity contribution is 6.32. The van der Waals surface area contributed by atoms with Gasteiger partial charge in [0.05, 0.1) is 17.7 Å². The number of nitrogens with one attached hydrogen (secondary N) is 1. The van der Waals surface area contributed by atoms with Crippen LogP contribution >= 0.6 is 11.6 Å². The molecule has 3 nitrogen and oxygen atoms in total. The molecule has 25 heavy (non-hydrogen) atoms. The largest absolute Gasteiger partial charge is 0.490 e. The lowest BCUT2D eigenvalue weighted by atomic mass is 10.1. The first kappa shape index (κ1) is 19.5. The SMILES string of the molecule is CCOc1cc(CNCCc2ccc(F)cc2)cc(Cl)c1OC(C)C. The fourth-order valence-electron chi connectivity index (χ4n) is 2.45. The molecule has 0 spiro atoms. The molecule has 0 heterocycles. The molecule has 2 aromatic carbocycles. The normalized spacial score (nSPS) is 11.0. The zero-order valence-corrected chi connectivity index (χ0v) is 15.7. The Hall–Kier alpha value is -1.78. The van der Waals surface area contributed by atoms with E-state index in [2.05, 4.69) is 5.32 Å². The van der Waals surface area contributed by atoms with E-state index in [-0.39, 0.29) is 11.9 Å². The lowest BCUT2D eigenvalue weighted by Gasteiger charge is -2.17. The predicted molar refractivity (Wildman–Crippen MR) is 100 cm³/mol. The van der Waals surface area contributed by atoms with Crippen LogP contribution in [-0.2, 0) is 13.0 Å². The van der Waals surface area contributed by atoms with Gasteiger partial charge in [0.15, 0.2) is 11.5 Å². The standard InChI is InChI=1S/C20H25ClFNO2/c1-4-24-19-12-16(11-18(21)20(19)25-14(2)3)13-23-10-9-15-5-7-17(22)8-6-15/h5-8,11-12,14,23H,4,9-10,13H2,1-3H3. The molecule has 0 radical (unpaired) electrons. The van der Waals surface area contributed by atoms with Crippen molar-refractivity contribution in [3.63, 3.8) is 0 Å². The van der Waals surface area contributed by atoms with Gasteiger partial charge in [0.25, 0.3) is 0 Å². The second-order valence-electron chi connectivity index (χ2n) is 6.06. The maximum absolute atomic E-state index is 12.9. The summed E-state index contributed by atoms with van der Waals surface area (Å²) in [5, 5.41) is 3.92. The van der Waals surface area contributed by atoms with Crippen LogP contribution in [0.2, 0.25) is 5.02 Å². The number of hydrogen-bond acceptors (Lipinski definition) is 3. The molecule has 5 heteroatoms. The Labute approximate surface area is 154 Å². The van der Waals surface area contributed by atoms with E-state index in [1.165, 1.54) is 12.1 Å². The molecule has 136 valence electrons. The summed E-state index contributed by atoms with van der Waals surface area (Å²) < 4.78 is 24.3. The Kier molecular flexibility index (Phi) is 7.53. The van der Waals surface area contributed by atoms with Crippen molar-refractivity contribution in [3.8, 4) is 11.5 Å². The van der Waals surface area contributed by atoms with Crippen molar-refractivity contribution in [2.75, 3.05) is 13.2 Å². The van der Waals surface area contributed by atoms with Crippen LogP contribution in [0.25, 0.3) is 0 Å². The van der Waals surface area contributed by atoms with Crippen LogP contribution in [0.1, 0.15) is 31.9 Å². The van der Waals surface area contributed by atoms with E-state index in [1.54, 1.807) is 12.1 Å². The predicted octanol–water partition coefficient (Wildman–Crippen LogP) is 5.00. The Balaban J connectivity index is 1.95. The van der Waals surface area contributed by atoms with Crippen LogP contribution in [0.3, 0.4) is 0 Å². The summed E-state index contributed by atoms with van der Waals surface area (Å²) >= 11 is 6.37. The van der Waals surface area contributed by atoms with Crippen molar-refractivity contribution in [2.24, 2.45) is 0 Å². The molecule has 0 aliphatic rings. The molecule has 0 amide bonds. The summed E-state index contributed by atoms with van der Waals surface area (Å²) in [5.74, 6) is 1.05. The molecule has 1 N–H and O–H groups in total. The Morgan fingerprint density at radius 3 is 2.48 bits per heavy atom. The summed E-state index contributed by atoms with van der Waals surface area (Å²) in [6, 6.07) is 10.4. The van der Waals surface area contributed by atoms with Crippen LogP contribution in [0, 0.1) is 5.82 Å². The number of benzene rings is 2. The van der Waals surface area contributed by atoms with E-state index in [4.69, 9.17) is 21.1 Å². The highest BCUT2D eigenvalue weighted by Gasteiger charge is 2.13. The zero-order chi connectivity index (χ0) is 18.2. The molecule has 0 aliphatic heterocycles. The average Bonchev–Trinajstić information content (AvgIpc) is 2.56. The van der Waals surface area contributed by atoms with Crippen LogP contribution in [0.5, 0.6) is 11.5 Å². The van der Waals surface area contributed by atoms with Gasteiger partial charge in [-0.15, -0.1) is 0 Å². The first-order chi connectivity index (χ1) is 12.0. The second kappa shape index (κ2) is 9.64. The van der Waals surface area contributed by atoms with Crippen molar-refractivity contribution < 1.29 is 13.9 Å². The summed E-state index contributed by atoms with van der Waals surface area (Å²) in [7, 11) is 0. The summed E-state index contributed by atoms with van der Waals surface area (Å²) in [6.45, 7) is 7.85. The fourth-order valence-corrected chi connectivity index (χ4v) is 2.73. The number of rotatable bonds is 9. The van der Waals surface area contributed by atoms with Gasteiger partial charge in [0.1, 0.15) is 5.82 Å². The van der Waals surface area contributed by atoms with E-state index in [9.17, 15) is 4.39 Å².